The Hall–Kier alpha value is -0.940. The van der Waals surface area contributed by atoms with Gasteiger partial charge >= 0.3 is 0 Å². The summed E-state index contributed by atoms with van der Waals surface area (Å²) in [6.45, 7) is 4.77. The van der Waals surface area contributed by atoms with Crippen LogP contribution in [0.4, 0.5) is 0 Å². The number of benzene rings is 1. The summed E-state index contributed by atoms with van der Waals surface area (Å²) in [5.74, 6) is -0.474. The normalized spacial score (nSPS) is 39.7. The summed E-state index contributed by atoms with van der Waals surface area (Å²) in [7, 11) is 0. The zero-order valence-corrected chi connectivity index (χ0v) is 11.3. The lowest BCUT2D eigenvalue weighted by Gasteiger charge is -2.32. The first-order chi connectivity index (χ1) is 9.12. The monoisotopic (exact) mass is 261 g/mol. The Morgan fingerprint density at radius 3 is 2.68 bits per heavy atom. The Labute approximate surface area is 113 Å². The summed E-state index contributed by atoms with van der Waals surface area (Å²) in [4.78, 5) is 6.00. The highest BCUT2D eigenvalue weighted by Gasteiger charge is 2.61. The van der Waals surface area contributed by atoms with Gasteiger partial charge in [0.2, 0.25) is 0 Å². The van der Waals surface area contributed by atoms with Gasteiger partial charge in [0, 0.05) is 6.54 Å². The van der Waals surface area contributed by atoms with E-state index >= 15 is 0 Å². The average Bonchev–Trinajstić information content (AvgIpc) is 2.99. The topological polar surface area (TPSA) is 30.9 Å². The van der Waals surface area contributed by atoms with Gasteiger partial charge in [-0.15, -0.1) is 0 Å². The van der Waals surface area contributed by atoms with Crippen molar-refractivity contribution < 1.29 is 14.3 Å². The van der Waals surface area contributed by atoms with Crippen LogP contribution in [-0.2, 0) is 20.9 Å². The van der Waals surface area contributed by atoms with Crippen LogP contribution in [0.1, 0.15) is 25.8 Å². The van der Waals surface area contributed by atoms with E-state index in [1.54, 1.807) is 0 Å². The molecule has 2 heterocycles. The number of hydroxylamine groups is 2. The largest absolute Gasteiger partial charge is 0.343 e. The molecule has 4 atom stereocenters. The predicted octanol–water partition coefficient (Wildman–Crippen LogP) is 2.09. The number of hydrogen-bond acceptors (Lipinski definition) is 4. The van der Waals surface area contributed by atoms with Crippen LogP contribution in [0.15, 0.2) is 30.3 Å². The first kappa shape index (κ1) is 11.9. The zero-order chi connectivity index (χ0) is 13.0. The van der Waals surface area contributed by atoms with E-state index in [9.17, 15) is 0 Å². The number of hydrogen-bond donors (Lipinski definition) is 0. The van der Waals surface area contributed by atoms with E-state index in [4.69, 9.17) is 14.3 Å². The molecule has 2 saturated heterocycles. The van der Waals surface area contributed by atoms with Crippen LogP contribution in [0.3, 0.4) is 0 Å². The first-order valence-corrected chi connectivity index (χ1v) is 6.95. The predicted molar refractivity (Wildman–Crippen MR) is 69.1 cm³/mol. The maximum absolute atomic E-state index is 6.03. The molecule has 1 aromatic rings. The summed E-state index contributed by atoms with van der Waals surface area (Å²) < 4.78 is 12.0. The molecule has 1 aromatic carbocycles. The van der Waals surface area contributed by atoms with Gasteiger partial charge in [-0.1, -0.05) is 30.3 Å². The Bertz CT molecular complexity index is 476. The number of nitrogens with zero attached hydrogens (tertiary/aromatic N) is 1. The van der Waals surface area contributed by atoms with Gasteiger partial charge < -0.3 is 9.47 Å². The minimum atomic E-state index is -0.474. The Kier molecular flexibility index (Phi) is 2.51. The Morgan fingerprint density at radius 1 is 1.16 bits per heavy atom. The number of fused-ring (bicyclic) bond motifs is 5. The van der Waals surface area contributed by atoms with Gasteiger partial charge in [0.05, 0.1) is 6.04 Å². The number of rotatable bonds is 2. The quantitative estimate of drug-likeness (QED) is 0.815. The highest BCUT2D eigenvalue weighted by atomic mass is 16.8. The molecule has 0 amide bonds. The summed E-state index contributed by atoms with van der Waals surface area (Å²) in [6.07, 6.45) is 1.42. The molecule has 0 aromatic heterocycles. The van der Waals surface area contributed by atoms with E-state index in [0.717, 1.165) is 13.0 Å². The summed E-state index contributed by atoms with van der Waals surface area (Å²) in [5.41, 5.74) is 1.27. The molecule has 4 rings (SSSR count). The third-order valence-corrected chi connectivity index (χ3v) is 4.20. The lowest BCUT2D eigenvalue weighted by molar-refractivity contribution is -0.229. The zero-order valence-electron chi connectivity index (χ0n) is 11.3. The van der Waals surface area contributed by atoms with Crippen molar-refractivity contribution in [3.05, 3.63) is 35.9 Å². The van der Waals surface area contributed by atoms with E-state index in [1.165, 1.54) is 5.56 Å². The maximum atomic E-state index is 6.03. The summed E-state index contributed by atoms with van der Waals surface area (Å²) >= 11 is 0. The molecule has 1 saturated carbocycles. The highest BCUT2D eigenvalue weighted by Crippen LogP contribution is 2.46. The van der Waals surface area contributed by atoms with E-state index < -0.39 is 5.79 Å². The van der Waals surface area contributed by atoms with Crippen LogP contribution in [0, 0.1) is 0 Å². The Morgan fingerprint density at radius 2 is 1.89 bits per heavy atom. The molecule has 2 aliphatic heterocycles. The van der Waals surface area contributed by atoms with E-state index in [1.807, 2.05) is 19.9 Å². The van der Waals surface area contributed by atoms with Crippen molar-refractivity contribution in [3.8, 4) is 0 Å². The van der Waals surface area contributed by atoms with Gasteiger partial charge in [-0.05, 0) is 25.8 Å². The maximum Gasteiger partial charge on any atom is 0.163 e. The molecule has 4 heteroatoms. The third kappa shape index (κ3) is 1.91. The van der Waals surface area contributed by atoms with Gasteiger partial charge in [-0.3, -0.25) is 4.84 Å². The molecular formula is C15H19NO3. The molecule has 1 aliphatic carbocycles. The third-order valence-electron chi connectivity index (χ3n) is 4.20. The van der Waals surface area contributed by atoms with E-state index in [0.29, 0.717) is 6.04 Å². The first-order valence-electron chi connectivity index (χ1n) is 6.95. The molecule has 19 heavy (non-hydrogen) atoms. The van der Waals surface area contributed by atoms with Crippen LogP contribution in [-0.4, -0.2) is 35.2 Å². The highest BCUT2D eigenvalue weighted by molar-refractivity contribution is 5.15. The second-order valence-corrected chi connectivity index (χ2v) is 6.07. The van der Waals surface area contributed by atoms with Crippen LogP contribution in [0.2, 0.25) is 0 Å². The molecular weight excluding hydrogens is 242 g/mol. The van der Waals surface area contributed by atoms with Crippen molar-refractivity contribution in [1.29, 1.82) is 0 Å². The molecule has 2 unspecified atom stereocenters. The molecule has 3 fully saturated rings. The minimum absolute atomic E-state index is 0.104. The number of ether oxygens (including phenoxy) is 2. The molecule has 3 aliphatic rings. The van der Waals surface area contributed by atoms with Gasteiger partial charge in [0.25, 0.3) is 0 Å². The molecule has 2 bridgehead atoms. The van der Waals surface area contributed by atoms with Gasteiger partial charge in [0.15, 0.2) is 5.79 Å². The van der Waals surface area contributed by atoms with Crippen molar-refractivity contribution >= 4 is 0 Å². The fourth-order valence-corrected chi connectivity index (χ4v) is 3.46. The fourth-order valence-electron chi connectivity index (χ4n) is 3.46. The molecule has 0 spiro atoms. The minimum Gasteiger partial charge on any atom is -0.343 e. The van der Waals surface area contributed by atoms with Gasteiger partial charge in [-0.25, -0.2) is 0 Å². The molecule has 0 radical (unpaired) electrons. The summed E-state index contributed by atoms with van der Waals surface area (Å²) in [5, 5.41) is 2.08. The van der Waals surface area contributed by atoms with Gasteiger partial charge in [0.1, 0.15) is 18.3 Å². The van der Waals surface area contributed by atoms with Crippen molar-refractivity contribution in [1.82, 2.24) is 5.06 Å². The van der Waals surface area contributed by atoms with Crippen LogP contribution >= 0.6 is 0 Å². The second kappa shape index (κ2) is 4.03. The van der Waals surface area contributed by atoms with Crippen molar-refractivity contribution in [2.75, 3.05) is 0 Å². The molecule has 4 nitrogen and oxygen atoms in total. The summed E-state index contributed by atoms with van der Waals surface area (Å²) in [6, 6.07) is 10.7. The van der Waals surface area contributed by atoms with E-state index in [-0.39, 0.29) is 18.3 Å². The lowest BCUT2D eigenvalue weighted by Crippen LogP contribution is -2.46. The van der Waals surface area contributed by atoms with Crippen LogP contribution < -0.4 is 0 Å². The standard InChI is InChI=1S/C15H19NO3/c1-15(2)17-13-11-8-12(14(13)18-15)19-16(11)9-10-6-4-3-5-7-10/h3-7,11-14H,8-9H2,1-2H3/t11?,12?,13-,14+/m1/s1. The second-order valence-electron chi connectivity index (χ2n) is 6.07. The molecule has 0 N–H and O–H groups in total. The van der Waals surface area contributed by atoms with Crippen molar-refractivity contribution in [3.63, 3.8) is 0 Å². The lowest BCUT2D eigenvalue weighted by atomic mass is 10.1. The van der Waals surface area contributed by atoms with Crippen LogP contribution in [0.5, 0.6) is 0 Å². The molecule has 102 valence electrons. The smallest absolute Gasteiger partial charge is 0.163 e. The van der Waals surface area contributed by atoms with E-state index in [2.05, 4.69) is 29.3 Å². The Balaban J connectivity index is 1.51. The fraction of sp³-hybridized carbons (Fsp3) is 0.600. The SMILES string of the molecule is CC1(C)O[C@@H]2C3CC(ON3Cc3ccccc3)[C@@H]2O1. The van der Waals surface area contributed by atoms with Crippen molar-refractivity contribution in [2.45, 2.75) is 57.0 Å². The van der Waals surface area contributed by atoms with Crippen LogP contribution in [0.25, 0.3) is 0 Å². The van der Waals surface area contributed by atoms with Crippen molar-refractivity contribution in [2.24, 2.45) is 0 Å². The van der Waals surface area contributed by atoms with Gasteiger partial charge in [-0.2, -0.15) is 5.06 Å². The average molecular weight is 261 g/mol.